The van der Waals surface area contributed by atoms with Gasteiger partial charge in [-0.05, 0) is 63.5 Å². The fourth-order valence-corrected chi connectivity index (χ4v) is 4.03. The molecule has 144 valence electrons. The fourth-order valence-electron chi connectivity index (χ4n) is 3.85. The molecule has 2 fully saturated rings. The zero-order chi connectivity index (χ0) is 18.2. The van der Waals surface area contributed by atoms with Crippen molar-refractivity contribution in [1.82, 2.24) is 15.1 Å². The molecular formula is C20H32ClN5. The van der Waals surface area contributed by atoms with Crippen molar-refractivity contribution in [3.63, 3.8) is 0 Å². The van der Waals surface area contributed by atoms with Gasteiger partial charge in [-0.1, -0.05) is 17.7 Å². The molecule has 1 aromatic carbocycles. The van der Waals surface area contributed by atoms with E-state index in [9.17, 15) is 0 Å². The molecule has 0 atom stereocenters. The van der Waals surface area contributed by atoms with Gasteiger partial charge in [0.15, 0.2) is 5.96 Å². The molecule has 0 amide bonds. The average Bonchev–Trinajstić information content (AvgIpc) is 3.18. The van der Waals surface area contributed by atoms with Gasteiger partial charge in [-0.3, -0.25) is 4.99 Å². The number of guanidine groups is 1. The van der Waals surface area contributed by atoms with Gasteiger partial charge in [0.05, 0.1) is 0 Å². The molecule has 3 rings (SSSR count). The van der Waals surface area contributed by atoms with Crippen molar-refractivity contribution in [3.05, 3.63) is 29.3 Å². The van der Waals surface area contributed by atoms with Crippen LogP contribution in [0.5, 0.6) is 0 Å². The van der Waals surface area contributed by atoms with Gasteiger partial charge in [0, 0.05) is 50.5 Å². The first-order valence-corrected chi connectivity index (χ1v) is 10.3. The summed E-state index contributed by atoms with van der Waals surface area (Å²) in [7, 11) is 1.88. The summed E-state index contributed by atoms with van der Waals surface area (Å²) in [5.74, 6) is 1.04. The van der Waals surface area contributed by atoms with Crippen LogP contribution in [0, 0.1) is 0 Å². The smallest absolute Gasteiger partial charge is 0.193 e. The Labute approximate surface area is 163 Å². The summed E-state index contributed by atoms with van der Waals surface area (Å²) in [6, 6.07) is 8.13. The highest BCUT2D eigenvalue weighted by atomic mass is 35.5. The number of likely N-dealkylation sites (tertiary alicyclic amines) is 1. The van der Waals surface area contributed by atoms with Crippen LogP contribution in [0.25, 0.3) is 0 Å². The first-order chi connectivity index (χ1) is 12.8. The van der Waals surface area contributed by atoms with Crippen molar-refractivity contribution < 1.29 is 0 Å². The van der Waals surface area contributed by atoms with Crippen LogP contribution in [0.3, 0.4) is 0 Å². The lowest BCUT2D eigenvalue weighted by atomic mass is 10.2. The van der Waals surface area contributed by atoms with E-state index in [0.29, 0.717) is 0 Å². The third-order valence-electron chi connectivity index (χ3n) is 5.35. The average molecular weight is 378 g/mol. The van der Waals surface area contributed by atoms with E-state index >= 15 is 0 Å². The maximum Gasteiger partial charge on any atom is 0.193 e. The van der Waals surface area contributed by atoms with Crippen LogP contribution in [-0.2, 0) is 0 Å². The van der Waals surface area contributed by atoms with Crippen LogP contribution >= 0.6 is 11.6 Å². The first kappa shape index (κ1) is 19.3. The molecule has 2 saturated heterocycles. The van der Waals surface area contributed by atoms with Crippen LogP contribution in [-0.4, -0.2) is 75.2 Å². The molecule has 0 aromatic heterocycles. The lowest BCUT2D eigenvalue weighted by molar-refractivity contribution is 0.329. The minimum absolute atomic E-state index is 0.802. The van der Waals surface area contributed by atoms with E-state index in [1.165, 1.54) is 51.0 Å². The highest BCUT2D eigenvalue weighted by molar-refractivity contribution is 6.30. The molecule has 2 heterocycles. The van der Waals surface area contributed by atoms with Crippen LogP contribution in [0.2, 0.25) is 5.02 Å². The number of piperazine rings is 1. The molecule has 2 aliphatic heterocycles. The predicted molar refractivity (Wildman–Crippen MR) is 112 cm³/mol. The minimum Gasteiger partial charge on any atom is -0.368 e. The molecule has 0 spiro atoms. The van der Waals surface area contributed by atoms with Gasteiger partial charge in [-0.2, -0.15) is 0 Å². The molecular weight excluding hydrogens is 346 g/mol. The summed E-state index contributed by atoms with van der Waals surface area (Å²) in [6.07, 6.45) is 5.24. The number of hydrogen-bond donors (Lipinski definition) is 1. The topological polar surface area (TPSA) is 34.1 Å². The van der Waals surface area contributed by atoms with E-state index in [0.717, 1.165) is 43.7 Å². The van der Waals surface area contributed by atoms with E-state index in [1.807, 2.05) is 25.2 Å². The quantitative estimate of drug-likeness (QED) is 0.469. The van der Waals surface area contributed by atoms with Gasteiger partial charge >= 0.3 is 0 Å². The fraction of sp³-hybridized carbons (Fsp3) is 0.650. The van der Waals surface area contributed by atoms with Gasteiger partial charge in [-0.25, -0.2) is 0 Å². The maximum atomic E-state index is 6.12. The zero-order valence-corrected chi connectivity index (χ0v) is 16.7. The first-order valence-electron chi connectivity index (χ1n) is 9.95. The standard InChI is InChI=1S/C20H32ClN5/c1-22-20(23-9-2-3-10-24-11-4-5-12-24)26-15-13-25(14-16-26)19-8-6-7-18(21)17-19/h6-8,17H,2-5,9-16H2,1H3,(H,22,23). The third kappa shape index (κ3) is 5.52. The highest BCUT2D eigenvalue weighted by Gasteiger charge is 2.19. The second-order valence-corrected chi connectivity index (χ2v) is 7.62. The van der Waals surface area contributed by atoms with Crippen molar-refractivity contribution in [3.8, 4) is 0 Å². The molecule has 0 saturated carbocycles. The Morgan fingerprint density at radius 2 is 1.85 bits per heavy atom. The van der Waals surface area contributed by atoms with Gasteiger partial charge in [0.1, 0.15) is 0 Å². The number of anilines is 1. The predicted octanol–water partition coefficient (Wildman–Crippen LogP) is 2.91. The van der Waals surface area contributed by atoms with Gasteiger partial charge in [0.2, 0.25) is 0 Å². The largest absolute Gasteiger partial charge is 0.368 e. The molecule has 6 heteroatoms. The van der Waals surface area contributed by atoms with E-state index in [4.69, 9.17) is 11.6 Å². The van der Waals surface area contributed by atoms with E-state index in [1.54, 1.807) is 0 Å². The minimum atomic E-state index is 0.802. The summed E-state index contributed by atoms with van der Waals surface area (Å²) in [5.41, 5.74) is 1.21. The monoisotopic (exact) mass is 377 g/mol. The Hall–Kier alpha value is -1.46. The summed E-state index contributed by atoms with van der Waals surface area (Å²) >= 11 is 6.12. The van der Waals surface area contributed by atoms with E-state index in [2.05, 4.69) is 31.1 Å². The Morgan fingerprint density at radius 1 is 1.08 bits per heavy atom. The number of benzene rings is 1. The van der Waals surface area contributed by atoms with Crippen LogP contribution in [0.1, 0.15) is 25.7 Å². The summed E-state index contributed by atoms with van der Waals surface area (Å²) < 4.78 is 0. The zero-order valence-electron chi connectivity index (χ0n) is 16.0. The SMILES string of the molecule is CN=C(NCCCCN1CCCC1)N1CCN(c2cccc(Cl)c2)CC1. The number of aliphatic imine (C=N–C) groups is 1. The maximum absolute atomic E-state index is 6.12. The second-order valence-electron chi connectivity index (χ2n) is 7.18. The molecule has 5 nitrogen and oxygen atoms in total. The Kier molecular flexibility index (Phi) is 7.44. The van der Waals surface area contributed by atoms with Crippen molar-refractivity contribution >= 4 is 23.2 Å². The van der Waals surface area contributed by atoms with Crippen molar-refractivity contribution in [2.45, 2.75) is 25.7 Å². The molecule has 0 radical (unpaired) electrons. The molecule has 26 heavy (non-hydrogen) atoms. The molecule has 0 bridgehead atoms. The lowest BCUT2D eigenvalue weighted by Crippen LogP contribution is -2.52. The number of unbranched alkanes of at least 4 members (excludes halogenated alkanes) is 1. The van der Waals surface area contributed by atoms with Gasteiger partial charge in [0.25, 0.3) is 0 Å². The second kappa shape index (κ2) is 10.0. The number of hydrogen-bond acceptors (Lipinski definition) is 3. The Morgan fingerprint density at radius 3 is 2.54 bits per heavy atom. The Balaban J connectivity index is 1.36. The summed E-state index contributed by atoms with van der Waals surface area (Å²) in [4.78, 5) is 11.8. The van der Waals surface area contributed by atoms with E-state index in [-0.39, 0.29) is 0 Å². The van der Waals surface area contributed by atoms with Crippen molar-refractivity contribution in [1.29, 1.82) is 0 Å². The van der Waals surface area contributed by atoms with Gasteiger partial charge < -0.3 is 20.0 Å². The van der Waals surface area contributed by atoms with Crippen molar-refractivity contribution in [2.75, 3.05) is 64.3 Å². The Bertz CT molecular complexity index is 577. The normalized spacial score (nSPS) is 19.2. The van der Waals surface area contributed by atoms with Crippen LogP contribution in [0.4, 0.5) is 5.69 Å². The summed E-state index contributed by atoms with van der Waals surface area (Å²) in [5, 5.41) is 4.35. The van der Waals surface area contributed by atoms with Crippen molar-refractivity contribution in [2.24, 2.45) is 4.99 Å². The molecule has 1 aromatic rings. The number of nitrogens with zero attached hydrogens (tertiary/aromatic N) is 4. The van der Waals surface area contributed by atoms with Gasteiger partial charge in [-0.15, -0.1) is 0 Å². The molecule has 2 aliphatic rings. The molecule has 0 aliphatic carbocycles. The number of nitrogens with one attached hydrogen (secondary N) is 1. The number of rotatable bonds is 6. The van der Waals surface area contributed by atoms with E-state index < -0.39 is 0 Å². The summed E-state index contributed by atoms with van der Waals surface area (Å²) in [6.45, 7) is 8.82. The molecule has 0 unspecified atom stereocenters. The third-order valence-corrected chi connectivity index (χ3v) is 5.58. The number of halogens is 1. The molecule has 1 N–H and O–H groups in total. The van der Waals surface area contributed by atoms with Crippen LogP contribution in [0.15, 0.2) is 29.3 Å². The van der Waals surface area contributed by atoms with Crippen LogP contribution < -0.4 is 10.2 Å². The lowest BCUT2D eigenvalue weighted by Gasteiger charge is -2.37. The highest BCUT2D eigenvalue weighted by Crippen LogP contribution is 2.20.